The van der Waals surface area contributed by atoms with Gasteiger partial charge in [-0.15, -0.1) is 0 Å². The van der Waals surface area contributed by atoms with Gasteiger partial charge in [-0.3, -0.25) is 4.90 Å². The lowest BCUT2D eigenvalue weighted by Crippen LogP contribution is -2.41. The maximum Gasteiger partial charge on any atom is 0.183 e. The summed E-state index contributed by atoms with van der Waals surface area (Å²) in [5, 5.41) is 0. The van der Waals surface area contributed by atoms with E-state index in [9.17, 15) is 0 Å². The molecule has 0 radical (unpaired) electrons. The molecule has 0 fully saturated rings. The third-order valence-electron chi connectivity index (χ3n) is 5.30. The maximum atomic E-state index is 6.22. The molecule has 0 bridgehead atoms. The lowest BCUT2D eigenvalue weighted by Gasteiger charge is -2.36. The molecule has 0 saturated heterocycles. The molecule has 0 spiro atoms. The van der Waals surface area contributed by atoms with Crippen molar-refractivity contribution in [2.45, 2.75) is 98.4 Å². The average Bonchev–Trinajstić information content (AvgIpc) is 2.79. The Kier molecular flexibility index (Phi) is 20.3. The van der Waals surface area contributed by atoms with Crippen LogP contribution in [0.1, 0.15) is 81.1 Å². The van der Waals surface area contributed by atoms with Gasteiger partial charge in [0.05, 0.1) is 0 Å². The Hall–Kier alpha value is 0.620. The molecule has 6 nitrogen and oxygen atoms in total. The van der Waals surface area contributed by atoms with E-state index >= 15 is 0 Å². The molecule has 0 heterocycles. The zero-order chi connectivity index (χ0) is 24.3. The maximum absolute atomic E-state index is 6.22. The topological polar surface area (TPSA) is 49.4 Å². The fourth-order valence-corrected chi connectivity index (χ4v) is 6.84. The SMILES string of the molecule is CCCOC(CC)N(CCPC(CC)(OCC)OCC)CCPC(CC)(OCC)OCC. The van der Waals surface area contributed by atoms with E-state index in [-0.39, 0.29) is 6.23 Å². The van der Waals surface area contributed by atoms with Crippen LogP contribution in [0.2, 0.25) is 0 Å². The molecule has 194 valence electrons. The van der Waals surface area contributed by atoms with Crippen molar-refractivity contribution in [2.24, 2.45) is 0 Å². The summed E-state index contributed by atoms with van der Waals surface area (Å²) in [7, 11) is 1.20. The standard InChI is InChI=1S/C24H53NO5P2/c1-9-19-26-22(10-2)25(17-20-31-23(11-3,27-13-5)28-14-6)18-21-32-24(12-4,29-15-7)30-16-8/h22,31-32H,9-21H2,1-8H3. The van der Waals surface area contributed by atoms with Crippen LogP contribution >= 0.6 is 17.2 Å². The lowest BCUT2D eigenvalue weighted by atomic mass is 10.3. The van der Waals surface area contributed by atoms with Crippen LogP contribution in [0.25, 0.3) is 0 Å². The number of ether oxygens (including phenoxy) is 5. The van der Waals surface area contributed by atoms with Gasteiger partial charge in [-0.25, -0.2) is 0 Å². The van der Waals surface area contributed by atoms with E-state index in [1.165, 1.54) is 0 Å². The molecule has 8 heteroatoms. The van der Waals surface area contributed by atoms with Crippen LogP contribution in [0.5, 0.6) is 0 Å². The average molecular weight is 498 g/mol. The number of rotatable bonds is 23. The van der Waals surface area contributed by atoms with Crippen molar-refractivity contribution in [1.29, 1.82) is 0 Å². The second-order valence-electron chi connectivity index (χ2n) is 7.57. The molecule has 0 aromatic rings. The van der Waals surface area contributed by atoms with Crippen LogP contribution in [0.15, 0.2) is 0 Å². The van der Waals surface area contributed by atoms with Crippen LogP contribution in [-0.4, -0.2) is 80.6 Å². The Balaban J connectivity index is 5.14. The molecule has 0 amide bonds. The third kappa shape index (κ3) is 12.4. The van der Waals surface area contributed by atoms with E-state index in [1.54, 1.807) is 0 Å². The van der Waals surface area contributed by atoms with Gasteiger partial charge in [-0.1, -0.05) is 44.9 Å². The van der Waals surface area contributed by atoms with Crippen molar-refractivity contribution in [3.63, 3.8) is 0 Å². The summed E-state index contributed by atoms with van der Waals surface area (Å²) in [6, 6.07) is 0. The van der Waals surface area contributed by atoms with Crippen molar-refractivity contribution in [1.82, 2.24) is 4.90 Å². The monoisotopic (exact) mass is 497 g/mol. The number of hydrogen-bond donors (Lipinski definition) is 0. The van der Waals surface area contributed by atoms with Crippen molar-refractivity contribution in [3.05, 3.63) is 0 Å². The van der Waals surface area contributed by atoms with Crippen molar-refractivity contribution in [2.75, 3.05) is 58.4 Å². The van der Waals surface area contributed by atoms with Gasteiger partial charge < -0.3 is 23.7 Å². The van der Waals surface area contributed by atoms with E-state index in [1.807, 2.05) is 27.7 Å². The van der Waals surface area contributed by atoms with Gasteiger partial charge in [-0.2, -0.15) is 0 Å². The first-order valence-electron chi connectivity index (χ1n) is 12.9. The van der Waals surface area contributed by atoms with E-state index < -0.39 is 11.1 Å². The third-order valence-corrected chi connectivity index (χ3v) is 8.61. The molecule has 3 unspecified atom stereocenters. The Labute approximate surface area is 202 Å². The number of nitrogens with zero attached hydrogens (tertiary/aromatic N) is 1. The van der Waals surface area contributed by atoms with Crippen molar-refractivity contribution < 1.29 is 23.7 Å². The molecule has 0 N–H and O–H groups in total. The molecule has 3 atom stereocenters. The summed E-state index contributed by atoms with van der Waals surface area (Å²) in [4.78, 5) is 2.51. The highest BCUT2D eigenvalue weighted by Gasteiger charge is 2.31. The zero-order valence-corrected chi connectivity index (χ0v) is 24.3. The molecule has 0 aliphatic heterocycles. The van der Waals surface area contributed by atoms with Crippen LogP contribution in [0.4, 0.5) is 0 Å². The summed E-state index contributed by atoms with van der Waals surface area (Å²) in [5.41, 5.74) is -0.881. The molecule has 0 saturated carbocycles. The molecule has 0 aromatic carbocycles. The second kappa shape index (κ2) is 19.9. The minimum atomic E-state index is -0.440. The normalized spacial score (nSPS) is 14.5. The zero-order valence-electron chi connectivity index (χ0n) is 22.3. The van der Waals surface area contributed by atoms with Crippen molar-refractivity contribution in [3.8, 4) is 0 Å². The smallest absolute Gasteiger partial charge is 0.183 e. The first-order chi connectivity index (χ1) is 15.5. The highest BCUT2D eigenvalue weighted by atomic mass is 31.1. The largest absolute Gasteiger partial charge is 0.363 e. The van der Waals surface area contributed by atoms with E-state index in [2.05, 4.69) is 32.6 Å². The van der Waals surface area contributed by atoms with Crippen LogP contribution in [0, 0.1) is 0 Å². The van der Waals surface area contributed by atoms with E-state index in [0.29, 0.717) is 43.6 Å². The first-order valence-corrected chi connectivity index (χ1v) is 15.3. The van der Waals surface area contributed by atoms with Gasteiger partial charge in [0.15, 0.2) is 11.1 Å². The van der Waals surface area contributed by atoms with Crippen LogP contribution in [0.3, 0.4) is 0 Å². The Morgan fingerprint density at radius 2 is 1.06 bits per heavy atom. The predicted octanol–water partition coefficient (Wildman–Crippen LogP) is 6.08. The predicted molar refractivity (Wildman–Crippen MR) is 141 cm³/mol. The Bertz CT molecular complexity index is 389. The minimum Gasteiger partial charge on any atom is -0.363 e. The molecule has 0 aliphatic carbocycles. The summed E-state index contributed by atoms with van der Waals surface area (Å²) < 4.78 is 30.4. The first kappa shape index (κ1) is 32.6. The van der Waals surface area contributed by atoms with Crippen molar-refractivity contribution >= 4 is 17.2 Å². The van der Waals surface area contributed by atoms with Gasteiger partial charge in [0.1, 0.15) is 6.23 Å². The van der Waals surface area contributed by atoms with E-state index in [0.717, 1.165) is 57.7 Å². The van der Waals surface area contributed by atoms with Gasteiger partial charge in [0.2, 0.25) is 0 Å². The molecular formula is C24H53NO5P2. The number of hydrogen-bond acceptors (Lipinski definition) is 6. The summed E-state index contributed by atoms with van der Waals surface area (Å²) >= 11 is 0. The highest BCUT2D eigenvalue weighted by molar-refractivity contribution is 7.39. The van der Waals surface area contributed by atoms with Gasteiger partial charge in [-0.05, 0) is 52.9 Å². The summed E-state index contributed by atoms with van der Waals surface area (Å²) in [6.07, 6.45) is 6.00. The minimum absolute atomic E-state index is 0.148. The fraction of sp³-hybridized carbons (Fsp3) is 1.00. The van der Waals surface area contributed by atoms with Gasteiger partial charge in [0.25, 0.3) is 0 Å². The summed E-state index contributed by atoms with van der Waals surface area (Å²) in [5.74, 6) is 0. The molecule has 0 rings (SSSR count). The molecule has 32 heavy (non-hydrogen) atoms. The van der Waals surface area contributed by atoms with Gasteiger partial charge >= 0.3 is 0 Å². The van der Waals surface area contributed by atoms with Crippen LogP contribution in [-0.2, 0) is 23.7 Å². The fourth-order valence-electron chi connectivity index (χ4n) is 3.79. The van der Waals surface area contributed by atoms with Crippen LogP contribution < -0.4 is 0 Å². The Morgan fingerprint density at radius 1 is 0.656 bits per heavy atom. The molecule has 0 aromatic heterocycles. The molecule has 0 aliphatic rings. The molecular weight excluding hydrogens is 444 g/mol. The van der Waals surface area contributed by atoms with E-state index in [4.69, 9.17) is 23.7 Å². The summed E-state index contributed by atoms with van der Waals surface area (Å²) in [6.45, 7) is 22.3. The quantitative estimate of drug-likeness (QED) is 0.126. The lowest BCUT2D eigenvalue weighted by molar-refractivity contribution is -0.169. The Morgan fingerprint density at radius 3 is 1.34 bits per heavy atom. The highest BCUT2D eigenvalue weighted by Crippen LogP contribution is 2.39. The second-order valence-corrected chi connectivity index (χ2v) is 10.8. The van der Waals surface area contributed by atoms with Gasteiger partial charge in [0, 0.05) is 59.0 Å².